The van der Waals surface area contributed by atoms with E-state index in [1.54, 1.807) is 29.2 Å². The van der Waals surface area contributed by atoms with Crippen LogP contribution in [0.25, 0.3) is 0 Å². The lowest BCUT2D eigenvalue weighted by molar-refractivity contribution is -0.132. The molecule has 0 aliphatic carbocycles. The topological polar surface area (TPSA) is 57.7 Å². The van der Waals surface area contributed by atoms with Gasteiger partial charge in [0.2, 0.25) is 15.9 Å². The van der Waals surface area contributed by atoms with Gasteiger partial charge in [-0.25, -0.2) is 12.8 Å². The van der Waals surface area contributed by atoms with Crippen molar-refractivity contribution in [3.63, 3.8) is 0 Å². The van der Waals surface area contributed by atoms with Crippen LogP contribution in [-0.2, 0) is 34.3 Å². The third kappa shape index (κ3) is 4.74. The fraction of sp³-hybridized carbons (Fsp3) is 0.240. The quantitative estimate of drug-likeness (QED) is 0.570. The van der Waals surface area contributed by atoms with Crippen LogP contribution in [0, 0.1) is 12.7 Å². The van der Waals surface area contributed by atoms with Crippen LogP contribution in [0.5, 0.6) is 0 Å². The molecule has 166 valence electrons. The minimum Gasteiger partial charge on any atom is -0.337 e. The van der Waals surface area contributed by atoms with Gasteiger partial charge in [0.1, 0.15) is 5.82 Å². The average molecular weight is 453 g/mol. The Hall–Kier alpha value is -3.03. The van der Waals surface area contributed by atoms with Crippen molar-refractivity contribution in [2.75, 3.05) is 13.1 Å². The first kappa shape index (κ1) is 22.2. The van der Waals surface area contributed by atoms with Gasteiger partial charge in [-0.2, -0.15) is 4.31 Å². The van der Waals surface area contributed by atoms with Gasteiger partial charge in [0.05, 0.1) is 11.4 Å². The molecule has 0 aromatic heterocycles. The number of hydrogen-bond donors (Lipinski definition) is 0. The largest absolute Gasteiger partial charge is 0.337 e. The number of aryl methyl sites for hydroxylation is 1. The molecule has 0 saturated carbocycles. The summed E-state index contributed by atoms with van der Waals surface area (Å²) in [6.45, 7) is 2.25. The number of nitrogens with zero attached hydrogens (tertiary/aromatic N) is 2. The molecule has 7 heteroatoms. The van der Waals surface area contributed by atoms with E-state index in [0.29, 0.717) is 13.1 Å². The molecule has 4 rings (SSSR count). The molecule has 0 unspecified atom stereocenters. The molecule has 32 heavy (non-hydrogen) atoms. The van der Waals surface area contributed by atoms with E-state index in [9.17, 15) is 17.6 Å². The lowest BCUT2D eigenvalue weighted by Crippen LogP contribution is -2.44. The summed E-state index contributed by atoms with van der Waals surface area (Å²) >= 11 is 0. The Bertz CT molecular complexity index is 1230. The summed E-state index contributed by atoms with van der Waals surface area (Å²) in [6.07, 6.45) is 0.722. The molecular formula is C25H25FN2O3S. The van der Waals surface area contributed by atoms with Gasteiger partial charge in [-0.1, -0.05) is 60.2 Å². The van der Waals surface area contributed by atoms with Crippen LogP contribution in [0.15, 0.2) is 77.7 Å². The summed E-state index contributed by atoms with van der Waals surface area (Å²) in [5.41, 5.74) is 3.41. The molecule has 1 aliphatic rings. The Morgan fingerprint density at radius 2 is 1.62 bits per heavy atom. The Labute approximate surface area is 188 Å². The fourth-order valence-electron chi connectivity index (χ4n) is 3.86. The van der Waals surface area contributed by atoms with Crippen LogP contribution < -0.4 is 0 Å². The SMILES string of the molecule is Cc1ccc(S(=O)(=O)N(CC(=O)N2CCc3ccccc3C2)Cc2ccccc2F)cc1. The minimum atomic E-state index is -4.01. The molecule has 0 spiro atoms. The average Bonchev–Trinajstić information content (AvgIpc) is 2.80. The molecule has 0 bridgehead atoms. The molecule has 3 aromatic rings. The third-order valence-electron chi connectivity index (χ3n) is 5.76. The first-order valence-corrected chi connectivity index (χ1v) is 11.9. The monoisotopic (exact) mass is 452 g/mol. The second-order valence-electron chi connectivity index (χ2n) is 8.01. The first-order chi connectivity index (χ1) is 15.3. The summed E-state index contributed by atoms with van der Waals surface area (Å²) in [4.78, 5) is 14.9. The zero-order valence-corrected chi connectivity index (χ0v) is 18.7. The molecule has 0 radical (unpaired) electrons. The van der Waals surface area contributed by atoms with Crippen molar-refractivity contribution in [3.05, 3.63) is 101 Å². The number of carbonyl (C=O) groups excluding carboxylic acids is 1. The summed E-state index contributed by atoms with van der Waals surface area (Å²) < 4.78 is 42.2. The van der Waals surface area contributed by atoms with Gasteiger partial charge >= 0.3 is 0 Å². The Kier molecular flexibility index (Phi) is 6.39. The normalized spacial score (nSPS) is 13.8. The van der Waals surface area contributed by atoms with E-state index < -0.39 is 15.8 Å². The first-order valence-electron chi connectivity index (χ1n) is 10.5. The van der Waals surface area contributed by atoms with Gasteiger partial charge < -0.3 is 4.90 Å². The molecule has 5 nitrogen and oxygen atoms in total. The third-order valence-corrected chi connectivity index (χ3v) is 7.56. The molecule has 3 aromatic carbocycles. The molecule has 0 N–H and O–H groups in total. The van der Waals surface area contributed by atoms with E-state index in [2.05, 4.69) is 0 Å². The van der Waals surface area contributed by atoms with Crippen molar-refractivity contribution >= 4 is 15.9 Å². The maximum absolute atomic E-state index is 14.3. The number of sulfonamides is 1. The molecule has 1 heterocycles. The van der Waals surface area contributed by atoms with E-state index >= 15 is 0 Å². The number of halogens is 1. The fourth-order valence-corrected chi connectivity index (χ4v) is 5.23. The van der Waals surface area contributed by atoms with Gasteiger partial charge in [0.15, 0.2) is 0 Å². The van der Waals surface area contributed by atoms with E-state index in [4.69, 9.17) is 0 Å². The van der Waals surface area contributed by atoms with Crippen molar-refractivity contribution in [1.29, 1.82) is 0 Å². The van der Waals surface area contributed by atoms with Gasteiger partial charge in [-0.3, -0.25) is 4.79 Å². The van der Waals surface area contributed by atoms with Gasteiger partial charge in [-0.15, -0.1) is 0 Å². The second-order valence-corrected chi connectivity index (χ2v) is 9.95. The molecule has 1 aliphatic heterocycles. The van der Waals surface area contributed by atoms with E-state index in [-0.39, 0.29) is 29.5 Å². The van der Waals surface area contributed by atoms with E-state index in [1.165, 1.54) is 29.8 Å². The number of hydrogen-bond acceptors (Lipinski definition) is 3. The summed E-state index contributed by atoms with van der Waals surface area (Å²) in [5.74, 6) is -0.803. The van der Waals surface area contributed by atoms with E-state index in [1.807, 2.05) is 31.2 Å². The molecule has 0 atom stereocenters. The highest BCUT2D eigenvalue weighted by molar-refractivity contribution is 7.89. The lowest BCUT2D eigenvalue weighted by atomic mass is 10.00. The van der Waals surface area contributed by atoms with Crippen molar-refractivity contribution in [1.82, 2.24) is 9.21 Å². The Morgan fingerprint density at radius 3 is 2.34 bits per heavy atom. The highest BCUT2D eigenvalue weighted by atomic mass is 32.2. The molecular weight excluding hydrogens is 427 g/mol. The van der Waals surface area contributed by atoms with Crippen LogP contribution in [0.4, 0.5) is 4.39 Å². The van der Waals surface area contributed by atoms with Gasteiger partial charge in [-0.05, 0) is 42.7 Å². The summed E-state index contributed by atoms with van der Waals surface area (Å²) in [7, 11) is -4.01. The molecule has 0 saturated heterocycles. The van der Waals surface area contributed by atoms with E-state index in [0.717, 1.165) is 21.9 Å². The number of benzene rings is 3. The van der Waals surface area contributed by atoms with Crippen LogP contribution in [-0.4, -0.2) is 36.6 Å². The standard InChI is InChI=1S/C25H25FN2O3S/c1-19-10-12-23(13-11-19)32(30,31)28(17-22-8-4-5-9-24(22)26)18-25(29)27-15-14-20-6-2-3-7-21(20)16-27/h2-13H,14-18H2,1H3. The smallest absolute Gasteiger partial charge is 0.243 e. The molecule has 0 fully saturated rings. The predicted octanol–water partition coefficient (Wildman–Crippen LogP) is 3.91. The van der Waals surface area contributed by atoms with Crippen LogP contribution in [0.1, 0.15) is 22.3 Å². The van der Waals surface area contributed by atoms with Gasteiger partial charge in [0, 0.05) is 25.2 Å². The Morgan fingerprint density at radius 1 is 0.969 bits per heavy atom. The van der Waals surface area contributed by atoms with Crippen molar-refractivity contribution in [2.45, 2.75) is 31.3 Å². The van der Waals surface area contributed by atoms with Gasteiger partial charge in [0.25, 0.3) is 0 Å². The maximum atomic E-state index is 14.3. The maximum Gasteiger partial charge on any atom is 0.243 e. The second kappa shape index (κ2) is 9.22. The zero-order chi connectivity index (χ0) is 22.7. The molecule has 1 amide bonds. The summed E-state index contributed by atoms with van der Waals surface area (Å²) in [6, 6.07) is 20.4. The zero-order valence-electron chi connectivity index (χ0n) is 17.9. The number of carbonyl (C=O) groups is 1. The van der Waals surface area contributed by atoms with Crippen molar-refractivity contribution in [3.8, 4) is 0 Å². The van der Waals surface area contributed by atoms with Crippen molar-refractivity contribution < 1.29 is 17.6 Å². The predicted molar refractivity (Wildman–Crippen MR) is 121 cm³/mol. The van der Waals surface area contributed by atoms with Crippen molar-refractivity contribution in [2.24, 2.45) is 0 Å². The Balaban J connectivity index is 1.61. The van der Waals surface area contributed by atoms with Crippen LogP contribution in [0.3, 0.4) is 0 Å². The summed E-state index contributed by atoms with van der Waals surface area (Å²) in [5, 5.41) is 0. The number of fused-ring (bicyclic) bond motifs is 1. The van der Waals surface area contributed by atoms with Crippen LogP contribution in [0.2, 0.25) is 0 Å². The minimum absolute atomic E-state index is 0.0798. The van der Waals surface area contributed by atoms with Crippen LogP contribution >= 0.6 is 0 Å². The lowest BCUT2D eigenvalue weighted by Gasteiger charge is -2.31. The highest BCUT2D eigenvalue weighted by Gasteiger charge is 2.30. The number of rotatable bonds is 6. The number of amides is 1. The highest BCUT2D eigenvalue weighted by Crippen LogP contribution is 2.23.